The molecule has 0 aliphatic carbocycles. The van der Waals surface area contributed by atoms with Crippen molar-refractivity contribution in [2.45, 2.75) is 26.7 Å². The first-order valence-electron chi connectivity index (χ1n) is 7.14. The van der Waals surface area contributed by atoms with Crippen LogP contribution < -0.4 is 4.74 Å². The van der Waals surface area contributed by atoms with E-state index in [2.05, 4.69) is 6.58 Å². The lowest BCUT2D eigenvalue weighted by atomic mass is 9.95. The van der Waals surface area contributed by atoms with Crippen LogP contribution in [0.5, 0.6) is 5.75 Å². The topological polar surface area (TPSA) is 52.6 Å². The van der Waals surface area contributed by atoms with Crippen LogP contribution in [0.1, 0.15) is 25.8 Å². The number of esters is 1. The third kappa shape index (κ3) is 5.42. The van der Waals surface area contributed by atoms with Crippen LogP contribution in [0.25, 0.3) is 0 Å². The Morgan fingerprint density at radius 1 is 1.33 bits per heavy atom. The van der Waals surface area contributed by atoms with Crippen LogP contribution in [0.2, 0.25) is 0 Å². The molecular weight excluding hydrogens is 268 g/mol. The summed E-state index contributed by atoms with van der Waals surface area (Å²) in [6, 6.07) is 7.29. The van der Waals surface area contributed by atoms with E-state index in [-0.39, 0.29) is 18.8 Å². The molecule has 0 spiro atoms. The first kappa shape index (κ1) is 17.0. The van der Waals surface area contributed by atoms with Gasteiger partial charge in [0.2, 0.25) is 0 Å². The van der Waals surface area contributed by atoms with E-state index in [1.165, 1.54) is 0 Å². The molecule has 0 saturated heterocycles. The summed E-state index contributed by atoms with van der Waals surface area (Å²) in [5.41, 5.74) is 0.823. The van der Waals surface area contributed by atoms with Crippen molar-refractivity contribution < 1.29 is 19.1 Å². The maximum atomic E-state index is 12.2. The van der Waals surface area contributed by atoms with Gasteiger partial charge in [0.1, 0.15) is 18.3 Å². The number of ether oxygens (including phenoxy) is 2. The van der Waals surface area contributed by atoms with E-state index >= 15 is 0 Å². The molecule has 1 rings (SSSR count). The Bertz CT molecular complexity index is 493. The van der Waals surface area contributed by atoms with Crippen LogP contribution in [0.15, 0.2) is 36.9 Å². The number of benzene rings is 1. The van der Waals surface area contributed by atoms with Crippen molar-refractivity contribution in [2.24, 2.45) is 5.92 Å². The Morgan fingerprint density at radius 2 is 2.10 bits per heavy atom. The second-order valence-electron chi connectivity index (χ2n) is 4.60. The van der Waals surface area contributed by atoms with Gasteiger partial charge >= 0.3 is 5.97 Å². The maximum Gasteiger partial charge on any atom is 0.316 e. The van der Waals surface area contributed by atoms with E-state index in [1.807, 2.05) is 25.1 Å². The molecule has 1 unspecified atom stereocenters. The van der Waals surface area contributed by atoms with Gasteiger partial charge in [0, 0.05) is 6.42 Å². The lowest BCUT2D eigenvalue weighted by Gasteiger charge is -2.13. The highest BCUT2D eigenvalue weighted by atomic mass is 16.5. The first-order chi connectivity index (χ1) is 10.1. The number of hydrogen-bond acceptors (Lipinski definition) is 4. The number of carbonyl (C=O) groups excluding carboxylic acids is 2. The predicted molar refractivity (Wildman–Crippen MR) is 81.3 cm³/mol. The van der Waals surface area contributed by atoms with Gasteiger partial charge in [-0.3, -0.25) is 9.59 Å². The van der Waals surface area contributed by atoms with Crippen LogP contribution in [0, 0.1) is 5.92 Å². The molecular formula is C17H22O4. The van der Waals surface area contributed by atoms with E-state index < -0.39 is 11.9 Å². The van der Waals surface area contributed by atoms with Crippen molar-refractivity contribution in [1.82, 2.24) is 0 Å². The van der Waals surface area contributed by atoms with Gasteiger partial charge in [0.15, 0.2) is 5.78 Å². The molecule has 0 radical (unpaired) electrons. The molecule has 1 aromatic carbocycles. The fourth-order valence-electron chi connectivity index (χ4n) is 1.99. The standard InChI is InChI=1S/C17H22O4/c1-4-10-21-14-9-7-8-13(11-14)12-16(18)15(5-2)17(19)20-6-3/h4,7-9,11,15H,1,5-6,10,12H2,2-3H3. The zero-order valence-electron chi connectivity index (χ0n) is 12.6. The lowest BCUT2D eigenvalue weighted by Crippen LogP contribution is -2.27. The largest absolute Gasteiger partial charge is 0.490 e. The van der Waals surface area contributed by atoms with Gasteiger partial charge in [0.25, 0.3) is 0 Å². The summed E-state index contributed by atoms with van der Waals surface area (Å²) in [4.78, 5) is 24.0. The van der Waals surface area contributed by atoms with Crippen LogP contribution in [-0.4, -0.2) is 25.0 Å². The molecule has 1 atom stereocenters. The number of ketones is 1. The monoisotopic (exact) mass is 290 g/mol. The molecule has 1 aromatic rings. The summed E-state index contributed by atoms with van der Waals surface area (Å²) in [5, 5.41) is 0. The SMILES string of the molecule is C=CCOc1cccc(CC(=O)C(CC)C(=O)OCC)c1. The van der Waals surface area contributed by atoms with Gasteiger partial charge in [-0.1, -0.05) is 31.7 Å². The molecule has 0 fully saturated rings. The van der Waals surface area contributed by atoms with Crippen LogP contribution in [-0.2, 0) is 20.7 Å². The maximum absolute atomic E-state index is 12.2. The second kappa shape index (κ2) is 8.95. The second-order valence-corrected chi connectivity index (χ2v) is 4.60. The minimum atomic E-state index is -0.692. The van der Waals surface area contributed by atoms with Gasteiger partial charge in [-0.2, -0.15) is 0 Å². The molecule has 4 nitrogen and oxygen atoms in total. The minimum absolute atomic E-state index is 0.128. The zero-order valence-corrected chi connectivity index (χ0v) is 12.6. The Morgan fingerprint density at radius 3 is 2.71 bits per heavy atom. The zero-order chi connectivity index (χ0) is 15.7. The summed E-state index contributed by atoms with van der Waals surface area (Å²) >= 11 is 0. The van der Waals surface area contributed by atoms with Crippen molar-refractivity contribution in [2.75, 3.05) is 13.2 Å². The molecule has 0 aromatic heterocycles. The summed E-state index contributed by atoms with van der Waals surface area (Å²) in [5.74, 6) is -0.576. The predicted octanol–water partition coefficient (Wildman–Crippen LogP) is 2.95. The minimum Gasteiger partial charge on any atom is -0.490 e. The summed E-state index contributed by atoms with van der Waals surface area (Å²) in [6.07, 6.45) is 2.30. The molecule has 0 amide bonds. The molecule has 0 saturated carbocycles. The fraction of sp³-hybridized carbons (Fsp3) is 0.412. The van der Waals surface area contributed by atoms with Gasteiger partial charge in [-0.25, -0.2) is 0 Å². The average molecular weight is 290 g/mol. The van der Waals surface area contributed by atoms with Gasteiger partial charge in [-0.15, -0.1) is 0 Å². The molecule has 21 heavy (non-hydrogen) atoms. The van der Waals surface area contributed by atoms with Crippen molar-refractivity contribution in [3.8, 4) is 5.75 Å². The number of Topliss-reactive ketones (excluding diaryl/α,β-unsaturated/α-hetero) is 1. The van der Waals surface area contributed by atoms with Crippen molar-refractivity contribution in [3.63, 3.8) is 0 Å². The highest BCUT2D eigenvalue weighted by Crippen LogP contribution is 2.17. The summed E-state index contributed by atoms with van der Waals surface area (Å²) in [6.45, 7) is 7.83. The molecule has 0 aliphatic heterocycles. The average Bonchev–Trinajstić information content (AvgIpc) is 2.46. The smallest absolute Gasteiger partial charge is 0.316 e. The van der Waals surface area contributed by atoms with Crippen LogP contribution >= 0.6 is 0 Å². The highest BCUT2D eigenvalue weighted by molar-refractivity contribution is 5.99. The Kier molecular flexibility index (Phi) is 7.23. The summed E-state index contributed by atoms with van der Waals surface area (Å²) in [7, 11) is 0. The first-order valence-corrected chi connectivity index (χ1v) is 7.14. The molecule has 0 heterocycles. The summed E-state index contributed by atoms with van der Waals surface area (Å²) < 4.78 is 10.4. The van der Waals surface area contributed by atoms with Gasteiger partial charge in [-0.05, 0) is 31.0 Å². The normalized spacial score (nSPS) is 11.5. The van der Waals surface area contributed by atoms with Crippen molar-refractivity contribution in [3.05, 3.63) is 42.5 Å². The van der Waals surface area contributed by atoms with E-state index in [0.29, 0.717) is 18.8 Å². The lowest BCUT2D eigenvalue weighted by molar-refractivity contribution is -0.151. The fourth-order valence-corrected chi connectivity index (χ4v) is 1.99. The Hall–Kier alpha value is -2.10. The third-order valence-corrected chi connectivity index (χ3v) is 3.01. The molecule has 0 bridgehead atoms. The van der Waals surface area contributed by atoms with E-state index in [1.54, 1.807) is 19.1 Å². The van der Waals surface area contributed by atoms with Gasteiger partial charge < -0.3 is 9.47 Å². The van der Waals surface area contributed by atoms with Crippen molar-refractivity contribution in [1.29, 1.82) is 0 Å². The number of hydrogen-bond donors (Lipinski definition) is 0. The third-order valence-electron chi connectivity index (χ3n) is 3.01. The Labute approximate surface area is 125 Å². The highest BCUT2D eigenvalue weighted by Gasteiger charge is 2.25. The number of carbonyl (C=O) groups is 2. The molecule has 0 aliphatic rings. The van der Waals surface area contributed by atoms with E-state index in [4.69, 9.17) is 9.47 Å². The Balaban J connectivity index is 2.72. The van der Waals surface area contributed by atoms with E-state index in [9.17, 15) is 9.59 Å². The quantitative estimate of drug-likeness (QED) is 0.398. The van der Waals surface area contributed by atoms with Gasteiger partial charge in [0.05, 0.1) is 6.61 Å². The van der Waals surface area contributed by atoms with E-state index in [0.717, 1.165) is 5.56 Å². The molecule has 4 heteroatoms. The number of rotatable bonds is 9. The molecule has 0 N–H and O–H groups in total. The molecule has 114 valence electrons. The van der Waals surface area contributed by atoms with Crippen LogP contribution in [0.3, 0.4) is 0 Å². The van der Waals surface area contributed by atoms with Crippen LogP contribution in [0.4, 0.5) is 0 Å². The van der Waals surface area contributed by atoms with Crippen molar-refractivity contribution >= 4 is 11.8 Å².